The van der Waals surface area contributed by atoms with Crippen molar-refractivity contribution >= 4 is 31.6 Å². The maximum Gasteiger partial charge on any atom is 0.347 e. The van der Waals surface area contributed by atoms with Gasteiger partial charge in [-0.05, 0) is 39.3 Å². The third kappa shape index (κ3) is 9.97. The highest BCUT2D eigenvalue weighted by Crippen LogP contribution is 2.52. The van der Waals surface area contributed by atoms with Gasteiger partial charge in [0.05, 0.1) is 11.2 Å². The van der Waals surface area contributed by atoms with E-state index in [1.54, 1.807) is 30.3 Å². The number of anilines is 1. The summed E-state index contributed by atoms with van der Waals surface area (Å²) in [7, 11) is -3.34. The summed E-state index contributed by atoms with van der Waals surface area (Å²) < 4.78 is 11.6. The fraction of sp³-hybridized carbons (Fsp3) is 0.318. The zero-order valence-corrected chi connectivity index (χ0v) is 19.9. The van der Waals surface area contributed by atoms with Crippen LogP contribution in [0.2, 0.25) is 0 Å². The van der Waals surface area contributed by atoms with Crippen molar-refractivity contribution in [2.45, 2.75) is 38.4 Å². The molecule has 1 unspecified atom stereocenters. The molecular weight excluding hydrogens is 447 g/mol. The van der Waals surface area contributed by atoms with Crippen LogP contribution in [0.3, 0.4) is 0 Å². The van der Waals surface area contributed by atoms with Gasteiger partial charge in [0.2, 0.25) is 6.41 Å². The van der Waals surface area contributed by atoms with Gasteiger partial charge in [-0.25, -0.2) is 9.86 Å². The molecule has 0 aliphatic rings. The van der Waals surface area contributed by atoms with Crippen LogP contribution in [-0.2, 0) is 9.36 Å². The Bertz CT molecular complexity index is 961. The molecule has 2 rings (SSSR count). The minimum Gasteiger partial charge on any atom is -0.349 e. The average Bonchev–Trinajstić information content (AvgIpc) is 2.72. The van der Waals surface area contributed by atoms with E-state index in [0.29, 0.717) is 17.2 Å². The fourth-order valence-electron chi connectivity index (χ4n) is 2.61. The third-order valence-electron chi connectivity index (χ3n) is 4.59. The predicted octanol–water partition coefficient (Wildman–Crippen LogP) is 3.39. The molecule has 0 radical (unpaired) electrons. The lowest BCUT2D eigenvalue weighted by Gasteiger charge is -2.31. The van der Waals surface area contributed by atoms with E-state index in [-0.39, 0.29) is 12.3 Å². The molecule has 3 amide bonds. The van der Waals surface area contributed by atoms with E-state index >= 15 is 0 Å². The molecule has 0 saturated heterocycles. The molecule has 0 bridgehead atoms. The molecule has 11 heteroatoms. The minimum absolute atomic E-state index is 0.266. The Morgan fingerprint density at radius 3 is 2.03 bits per heavy atom. The van der Waals surface area contributed by atoms with Gasteiger partial charge in [-0.1, -0.05) is 54.1 Å². The van der Waals surface area contributed by atoms with Gasteiger partial charge in [-0.2, -0.15) is 4.99 Å². The first-order chi connectivity index (χ1) is 15.4. The second kappa shape index (κ2) is 12.9. The van der Waals surface area contributed by atoms with Crippen molar-refractivity contribution in [3.63, 3.8) is 0 Å². The smallest absolute Gasteiger partial charge is 0.347 e. The molecule has 33 heavy (non-hydrogen) atoms. The molecule has 0 fully saturated rings. The Kier molecular flexibility index (Phi) is 10.9. The van der Waals surface area contributed by atoms with Gasteiger partial charge in [-0.15, -0.1) is 0 Å². The van der Waals surface area contributed by atoms with E-state index in [4.69, 9.17) is 0 Å². The van der Waals surface area contributed by atoms with Gasteiger partial charge in [-0.3, -0.25) is 14.6 Å². The quantitative estimate of drug-likeness (QED) is 0.134. The maximum absolute atomic E-state index is 12.1. The number of likely N-dealkylation sites (N-methyl/N-ethyl adjacent to an activating group) is 1. The van der Waals surface area contributed by atoms with E-state index in [1.807, 2.05) is 18.2 Å². The lowest BCUT2D eigenvalue weighted by Crippen LogP contribution is -2.47. The highest BCUT2D eigenvalue weighted by atomic mass is 31.2. The van der Waals surface area contributed by atoms with Crippen LogP contribution in [0, 0.1) is 6.92 Å². The number of aryl methyl sites for hydroxylation is 1. The summed E-state index contributed by atoms with van der Waals surface area (Å²) >= 11 is 0. The number of amides is 3. The number of nitrogens with zero attached hydrogens (tertiary/aromatic N) is 2. The lowest BCUT2D eigenvalue weighted by molar-refractivity contribution is -0.110. The first kappa shape index (κ1) is 28.0. The van der Waals surface area contributed by atoms with E-state index in [1.165, 1.54) is 26.5 Å². The van der Waals surface area contributed by atoms with Crippen LogP contribution < -0.4 is 10.6 Å². The Labute approximate surface area is 193 Å². The Balaban J connectivity index is 0.000000657. The lowest BCUT2D eigenvalue weighted by atomic mass is 10.0. The number of para-hydroxylation sites is 1. The number of rotatable bonds is 7. The molecular formula is C22H31N4O6P. The minimum atomic E-state index is -4.52. The van der Waals surface area contributed by atoms with Gasteiger partial charge in [0.25, 0.3) is 0 Å². The largest absolute Gasteiger partial charge is 0.349 e. The van der Waals surface area contributed by atoms with E-state index in [2.05, 4.69) is 34.7 Å². The number of urea groups is 1. The van der Waals surface area contributed by atoms with Crippen molar-refractivity contribution in [1.82, 2.24) is 10.4 Å². The van der Waals surface area contributed by atoms with Crippen LogP contribution in [0.4, 0.5) is 10.5 Å². The highest BCUT2D eigenvalue weighted by molar-refractivity contribution is 7.53. The van der Waals surface area contributed by atoms with Gasteiger partial charge in [0.15, 0.2) is 5.84 Å². The SMILES string of the molecule is CN(O)/C(=N\C(=O)Nc1ccccc1)C(CC(C)(C)P(=O)(O)O)NC=O.Cc1ccccc1. The Morgan fingerprint density at radius 2 is 1.64 bits per heavy atom. The molecule has 0 saturated carbocycles. The molecule has 2 aromatic carbocycles. The molecule has 0 aliphatic heterocycles. The molecule has 0 aliphatic carbocycles. The number of nitrogens with one attached hydrogen (secondary N) is 2. The third-order valence-corrected chi connectivity index (χ3v) is 6.35. The number of carbonyl (C=O) groups is 2. The summed E-state index contributed by atoms with van der Waals surface area (Å²) in [6.07, 6.45) is 0.0346. The summed E-state index contributed by atoms with van der Waals surface area (Å²) in [5.74, 6) is -0.271. The van der Waals surface area contributed by atoms with Crippen molar-refractivity contribution in [2.24, 2.45) is 4.99 Å². The van der Waals surface area contributed by atoms with Gasteiger partial charge in [0.1, 0.15) is 0 Å². The zero-order valence-electron chi connectivity index (χ0n) is 19.0. The summed E-state index contributed by atoms with van der Waals surface area (Å²) in [5, 5.41) is 13.6. The van der Waals surface area contributed by atoms with Crippen molar-refractivity contribution < 1.29 is 29.1 Å². The van der Waals surface area contributed by atoms with E-state index in [0.717, 1.165) is 0 Å². The van der Waals surface area contributed by atoms with Crippen LogP contribution in [-0.4, -0.2) is 56.6 Å². The van der Waals surface area contributed by atoms with Crippen molar-refractivity contribution in [1.29, 1.82) is 0 Å². The molecule has 0 aromatic heterocycles. The number of hydroxylamine groups is 2. The van der Waals surface area contributed by atoms with E-state index in [9.17, 15) is 29.1 Å². The van der Waals surface area contributed by atoms with Crippen molar-refractivity contribution in [2.75, 3.05) is 12.4 Å². The van der Waals surface area contributed by atoms with E-state index < -0.39 is 24.8 Å². The summed E-state index contributed by atoms with van der Waals surface area (Å²) in [4.78, 5) is 45.6. The number of aliphatic imine (C=N–C) groups is 1. The molecule has 1 atom stereocenters. The summed E-state index contributed by atoms with van der Waals surface area (Å²) in [6, 6.07) is 16.8. The number of hydrogen-bond donors (Lipinski definition) is 5. The Morgan fingerprint density at radius 1 is 1.12 bits per heavy atom. The molecule has 10 nitrogen and oxygen atoms in total. The normalized spacial score (nSPS) is 12.6. The van der Waals surface area contributed by atoms with Crippen LogP contribution >= 0.6 is 7.60 Å². The first-order valence-corrected chi connectivity index (χ1v) is 11.6. The maximum atomic E-state index is 12.1. The molecule has 180 valence electrons. The second-order valence-electron chi connectivity index (χ2n) is 7.84. The van der Waals surface area contributed by atoms with Crippen molar-refractivity contribution in [3.05, 3.63) is 66.2 Å². The first-order valence-electron chi connectivity index (χ1n) is 10.0. The average molecular weight is 478 g/mol. The summed E-state index contributed by atoms with van der Waals surface area (Å²) in [5.41, 5.74) is 1.79. The van der Waals surface area contributed by atoms with Crippen LogP contribution in [0.25, 0.3) is 0 Å². The molecule has 5 N–H and O–H groups in total. The predicted molar refractivity (Wildman–Crippen MR) is 127 cm³/mol. The number of carbonyl (C=O) groups excluding carboxylic acids is 2. The van der Waals surface area contributed by atoms with Crippen LogP contribution in [0.5, 0.6) is 0 Å². The topological polar surface area (TPSA) is 152 Å². The number of hydrogen-bond acceptors (Lipinski definition) is 4. The number of benzene rings is 2. The zero-order chi connectivity index (χ0) is 25.1. The Hall–Kier alpha value is -3.04. The molecule has 0 spiro atoms. The standard InChI is InChI=1S/C15H23N4O6P.C7H8/c1-15(2,26(23,24)25)9-12(16-10-20)13(19(3)22)18-14(21)17-11-7-5-4-6-8-11;1-7-5-3-2-4-6-7/h4-8,10,12,22H,9H2,1-3H3,(H,16,20)(H,17,21)(H2,23,24,25);2-6H,1H3/b18-13-;. The van der Waals surface area contributed by atoms with Crippen LogP contribution in [0.1, 0.15) is 25.8 Å². The van der Waals surface area contributed by atoms with Crippen molar-refractivity contribution in [3.8, 4) is 0 Å². The molecule has 2 aromatic rings. The monoisotopic (exact) mass is 478 g/mol. The van der Waals surface area contributed by atoms with Gasteiger partial charge < -0.3 is 20.4 Å². The second-order valence-corrected chi connectivity index (χ2v) is 10.1. The van der Waals surface area contributed by atoms with Gasteiger partial charge in [0, 0.05) is 12.7 Å². The fourth-order valence-corrected chi connectivity index (χ4v) is 3.03. The highest BCUT2D eigenvalue weighted by Gasteiger charge is 2.41. The van der Waals surface area contributed by atoms with Crippen LogP contribution in [0.15, 0.2) is 65.7 Å². The molecule has 0 heterocycles. The number of amidine groups is 1. The van der Waals surface area contributed by atoms with Gasteiger partial charge >= 0.3 is 13.6 Å². The summed E-state index contributed by atoms with van der Waals surface area (Å²) in [6.45, 7) is 4.71.